The van der Waals surface area contributed by atoms with Crippen LogP contribution in [-0.4, -0.2) is 17.6 Å². The van der Waals surface area contributed by atoms with Crippen LogP contribution in [0.4, 0.5) is 11.4 Å². The summed E-state index contributed by atoms with van der Waals surface area (Å²) in [7, 11) is 0. The van der Waals surface area contributed by atoms with E-state index in [9.17, 15) is 14.4 Å². The number of anilines is 2. The van der Waals surface area contributed by atoms with E-state index >= 15 is 0 Å². The third-order valence-corrected chi connectivity index (χ3v) is 4.18. The Balaban J connectivity index is 1.97. The lowest BCUT2D eigenvalue weighted by Crippen LogP contribution is -2.16. The molecule has 1 aliphatic rings. The van der Waals surface area contributed by atoms with Gasteiger partial charge in [-0.15, -0.1) is 11.3 Å². The fraction of sp³-hybridized carbons (Fsp3) is 0.0714. The predicted octanol–water partition coefficient (Wildman–Crippen LogP) is 2.91. The molecule has 0 radical (unpaired) electrons. The van der Waals surface area contributed by atoms with Crippen molar-refractivity contribution in [3.05, 3.63) is 45.1 Å². The van der Waals surface area contributed by atoms with Crippen LogP contribution in [0, 0.1) is 0 Å². The summed E-state index contributed by atoms with van der Waals surface area (Å²) < 4.78 is 0.536. The van der Waals surface area contributed by atoms with Gasteiger partial charge >= 0.3 is 0 Å². The Labute approximate surface area is 128 Å². The highest BCUT2D eigenvalue weighted by Gasteiger charge is 2.20. The largest absolute Gasteiger partial charge is 0.324 e. The van der Waals surface area contributed by atoms with Crippen LogP contribution in [0.1, 0.15) is 21.7 Å². The minimum atomic E-state index is -0.407. The van der Waals surface area contributed by atoms with Crippen LogP contribution < -0.4 is 10.6 Å². The number of amides is 2. The Morgan fingerprint density at radius 1 is 1.05 bits per heavy atom. The molecule has 2 aromatic rings. The van der Waals surface area contributed by atoms with E-state index in [0.29, 0.717) is 26.2 Å². The summed E-state index contributed by atoms with van der Waals surface area (Å²) in [6, 6.07) is 8.06. The highest BCUT2D eigenvalue weighted by atomic mass is 35.5. The summed E-state index contributed by atoms with van der Waals surface area (Å²) in [6.07, 6.45) is -0.238. The van der Waals surface area contributed by atoms with Crippen molar-refractivity contribution < 1.29 is 14.4 Å². The third-order valence-electron chi connectivity index (χ3n) is 2.95. The van der Waals surface area contributed by atoms with E-state index in [4.69, 9.17) is 11.6 Å². The molecule has 7 heteroatoms. The molecule has 0 spiro atoms. The Hall–Kier alpha value is -2.18. The number of thiophene rings is 1. The third kappa shape index (κ3) is 2.81. The van der Waals surface area contributed by atoms with Gasteiger partial charge in [0.25, 0.3) is 0 Å². The van der Waals surface area contributed by atoms with Gasteiger partial charge in [-0.3, -0.25) is 14.4 Å². The maximum atomic E-state index is 12.3. The van der Waals surface area contributed by atoms with Crippen molar-refractivity contribution in [2.24, 2.45) is 0 Å². The number of nitrogens with one attached hydrogen (secondary N) is 2. The smallest absolute Gasteiger partial charge is 0.233 e. The maximum absolute atomic E-state index is 12.3. The SMILES string of the molecule is O=C1CC(=O)Nc2cc(C(=O)c3ccc(Cl)s3)ccc2N1. The van der Waals surface area contributed by atoms with Gasteiger partial charge in [0.2, 0.25) is 17.6 Å². The van der Waals surface area contributed by atoms with Gasteiger partial charge in [-0.05, 0) is 30.3 Å². The van der Waals surface area contributed by atoms with E-state index in [1.807, 2.05) is 0 Å². The molecule has 1 aromatic carbocycles. The monoisotopic (exact) mass is 320 g/mol. The summed E-state index contributed by atoms with van der Waals surface area (Å²) in [4.78, 5) is 35.8. The average molecular weight is 321 g/mol. The van der Waals surface area contributed by atoms with Gasteiger partial charge < -0.3 is 10.6 Å². The maximum Gasteiger partial charge on any atom is 0.233 e. The number of carbonyl (C=O) groups excluding carboxylic acids is 3. The second kappa shape index (κ2) is 5.31. The first-order valence-corrected chi connectivity index (χ1v) is 7.26. The molecule has 2 heterocycles. The van der Waals surface area contributed by atoms with E-state index < -0.39 is 5.91 Å². The first kappa shape index (κ1) is 13.8. The minimum Gasteiger partial charge on any atom is -0.324 e. The van der Waals surface area contributed by atoms with Crippen LogP contribution in [0.2, 0.25) is 4.34 Å². The van der Waals surface area contributed by atoms with Crippen LogP contribution in [0.3, 0.4) is 0 Å². The average Bonchev–Trinajstić information content (AvgIpc) is 2.79. The summed E-state index contributed by atoms with van der Waals surface area (Å²) in [5, 5.41) is 5.22. The van der Waals surface area contributed by atoms with Crippen molar-refractivity contribution >= 4 is 51.9 Å². The van der Waals surface area contributed by atoms with Crippen molar-refractivity contribution in [3.63, 3.8) is 0 Å². The van der Waals surface area contributed by atoms with Crippen LogP contribution >= 0.6 is 22.9 Å². The van der Waals surface area contributed by atoms with Gasteiger partial charge in [-0.2, -0.15) is 0 Å². The lowest BCUT2D eigenvalue weighted by Gasteiger charge is -2.08. The Morgan fingerprint density at radius 3 is 2.43 bits per heavy atom. The second-order valence-corrected chi connectivity index (χ2v) is 6.18. The fourth-order valence-corrected chi connectivity index (χ4v) is 3.02. The molecule has 3 rings (SSSR count). The molecule has 0 bridgehead atoms. The molecule has 0 saturated carbocycles. The zero-order valence-electron chi connectivity index (χ0n) is 10.6. The first-order valence-electron chi connectivity index (χ1n) is 6.07. The molecule has 21 heavy (non-hydrogen) atoms. The normalized spacial score (nSPS) is 14.0. The number of rotatable bonds is 2. The number of hydrogen-bond acceptors (Lipinski definition) is 4. The number of ketones is 1. The number of fused-ring (bicyclic) bond motifs is 1. The number of carbonyl (C=O) groups is 3. The summed E-state index contributed by atoms with van der Waals surface area (Å²) in [5.74, 6) is -0.968. The van der Waals surface area contributed by atoms with Crippen molar-refractivity contribution in [1.82, 2.24) is 0 Å². The molecule has 5 nitrogen and oxygen atoms in total. The van der Waals surface area contributed by atoms with Crippen LogP contribution in [0.15, 0.2) is 30.3 Å². The van der Waals surface area contributed by atoms with Crippen molar-refractivity contribution in [1.29, 1.82) is 0 Å². The first-order chi connectivity index (χ1) is 10.0. The molecular weight excluding hydrogens is 312 g/mol. The molecule has 1 aromatic heterocycles. The predicted molar refractivity (Wildman–Crippen MR) is 81.1 cm³/mol. The summed E-state index contributed by atoms with van der Waals surface area (Å²) in [5.41, 5.74) is 1.31. The molecule has 1 aliphatic heterocycles. The molecule has 0 aliphatic carbocycles. The van der Waals surface area contributed by atoms with E-state index in [2.05, 4.69) is 10.6 Å². The molecule has 0 unspecified atom stereocenters. The van der Waals surface area contributed by atoms with Crippen LogP contribution in [0.25, 0.3) is 0 Å². The fourth-order valence-electron chi connectivity index (χ4n) is 2.01. The quantitative estimate of drug-likeness (QED) is 0.660. The summed E-state index contributed by atoms with van der Waals surface area (Å²) >= 11 is 7.02. The van der Waals surface area contributed by atoms with Crippen LogP contribution in [-0.2, 0) is 9.59 Å². The Morgan fingerprint density at radius 2 is 1.76 bits per heavy atom. The van der Waals surface area contributed by atoms with Crippen molar-refractivity contribution in [2.45, 2.75) is 6.42 Å². The highest BCUT2D eigenvalue weighted by molar-refractivity contribution is 7.18. The summed E-state index contributed by atoms with van der Waals surface area (Å²) in [6.45, 7) is 0. The van der Waals surface area contributed by atoms with E-state index in [-0.39, 0.29) is 18.1 Å². The standard InChI is InChI=1S/C14H9ClN2O3S/c15-11-4-3-10(21-11)14(20)7-1-2-8-9(5-7)17-13(19)6-12(18)16-8/h1-5H,6H2,(H,16,18)(H,17,19). The molecule has 0 saturated heterocycles. The van der Waals surface area contributed by atoms with Gasteiger partial charge in [0.15, 0.2) is 0 Å². The number of benzene rings is 1. The Kier molecular flexibility index (Phi) is 3.48. The topological polar surface area (TPSA) is 75.3 Å². The van der Waals surface area contributed by atoms with E-state index in [1.165, 1.54) is 11.3 Å². The molecule has 0 atom stereocenters. The molecule has 0 fully saturated rings. The lowest BCUT2D eigenvalue weighted by molar-refractivity contribution is -0.123. The van der Waals surface area contributed by atoms with E-state index in [0.717, 1.165) is 0 Å². The lowest BCUT2D eigenvalue weighted by atomic mass is 10.1. The molecular formula is C14H9ClN2O3S. The molecule has 2 N–H and O–H groups in total. The highest BCUT2D eigenvalue weighted by Crippen LogP contribution is 2.29. The number of hydrogen-bond donors (Lipinski definition) is 2. The number of halogens is 1. The van der Waals surface area contributed by atoms with Gasteiger partial charge in [0.05, 0.1) is 20.6 Å². The minimum absolute atomic E-state index is 0.181. The second-order valence-electron chi connectivity index (χ2n) is 4.47. The van der Waals surface area contributed by atoms with Gasteiger partial charge in [0, 0.05) is 5.56 Å². The van der Waals surface area contributed by atoms with Crippen LogP contribution in [0.5, 0.6) is 0 Å². The van der Waals surface area contributed by atoms with Gasteiger partial charge in [-0.25, -0.2) is 0 Å². The zero-order chi connectivity index (χ0) is 15.0. The Bertz CT molecular complexity index is 769. The zero-order valence-corrected chi connectivity index (χ0v) is 12.2. The van der Waals surface area contributed by atoms with Gasteiger partial charge in [-0.1, -0.05) is 11.6 Å². The van der Waals surface area contributed by atoms with E-state index in [1.54, 1.807) is 30.3 Å². The van der Waals surface area contributed by atoms with Crippen molar-refractivity contribution in [2.75, 3.05) is 10.6 Å². The molecule has 106 valence electrons. The van der Waals surface area contributed by atoms with Gasteiger partial charge in [0.1, 0.15) is 6.42 Å². The van der Waals surface area contributed by atoms with Crippen molar-refractivity contribution in [3.8, 4) is 0 Å². The molecule has 2 amide bonds.